The molecule has 0 aliphatic rings. The molecule has 1 aromatic rings. The molecule has 0 saturated carbocycles. The van der Waals surface area contributed by atoms with Gasteiger partial charge in [0.15, 0.2) is 0 Å². The van der Waals surface area contributed by atoms with Crippen molar-refractivity contribution in [3.63, 3.8) is 0 Å². The molecular weight excluding hydrogens is 209 g/mol. The van der Waals surface area contributed by atoms with E-state index in [1.807, 2.05) is 0 Å². The molecule has 0 heterocycles. The van der Waals surface area contributed by atoms with Crippen molar-refractivity contribution in [3.05, 3.63) is 33.8 Å². The van der Waals surface area contributed by atoms with Crippen LogP contribution in [-0.2, 0) is 0 Å². The highest BCUT2D eigenvalue weighted by Crippen LogP contribution is 2.31. The lowest BCUT2D eigenvalue weighted by atomic mass is 10.0. The molecule has 2 atom stereocenters. The number of halogens is 2. The number of rotatable bonds is 2. The third kappa shape index (κ3) is 2.35. The van der Waals surface area contributed by atoms with Crippen LogP contribution in [0.3, 0.4) is 0 Å². The Hall–Kier alpha value is -0.280. The van der Waals surface area contributed by atoms with E-state index in [0.717, 1.165) is 0 Å². The molecule has 0 spiro atoms. The van der Waals surface area contributed by atoms with Crippen LogP contribution in [-0.4, -0.2) is 11.1 Å². The van der Waals surface area contributed by atoms with Gasteiger partial charge in [0.25, 0.3) is 0 Å². The van der Waals surface area contributed by atoms with Crippen molar-refractivity contribution in [1.82, 2.24) is 0 Å². The molecule has 4 heteroatoms. The van der Waals surface area contributed by atoms with Gasteiger partial charge >= 0.3 is 0 Å². The summed E-state index contributed by atoms with van der Waals surface area (Å²) in [5.74, 6) is 0. The van der Waals surface area contributed by atoms with Crippen LogP contribution in [0.25, 0.3) is 0 Å². The Bertz CT molecular complexity index is 281. The summed E-state index contributed by atoms with van der Waals surface area (Å²) in [5, 5.41) is 10.5. The molecule has 0 aliphatic heterocycles. The van der Waals surface area contributed by atoms with Gasteiger partial charge in [-0.3, -0.25) is 0 Å². The van der Waals surface area contributed by atoms with Crippen LogP contribution in [0.2, 0.25) is 10.0 Å². The predicted molar refractivity (Wildman–Crippen MR) is 55.1 cm³/mol. The maximum atomic E-state index is 9.67. The monoisotopic (exact) mass is 219 g/mol. The van der Waals surface area contributed by atoms with E-state index in [1.54, 1.807) is 25.1 Å². The number of aliphatic hydroxyl groups is 1. The van der Waals surface area contributed by atoms with Gasteiger partial charge in [-0.15, -0.1) is 0 Å². The van der Waals surface area contributed by atoms with Gasteiger partial charge < -0.3 is 10.8 Å². The summed E-state index contributed by atoms with van der Waals surface area (Å²) in [7, 11) is 0. The van der Waals surface area contributed by atoms with E-state index >= 15 is 0 Å². The molecule has 0 radical (unpaired) electrons. The van der Waals surface area contributed by atoms with E-state index in [-0.39, 0.29) is 0 Å². The Morgan fingerprint density at radius 3 is 2.15 bits per heavy atom. The standard InChI is InChI=1S/C9H11Cl2NO/c1-5(12)9(13)8-6(10)3-2-4-7(8)11/h2-5,9,13H,12H2,1H3/t5-,9?/m0/s1. The summed E-state index contributed by atoms with van der Waals surface area (Å²) in [4.78, 5) is 0. The van der Waals surface area contributed by atoms with Gasteiger partial charge in [-0.25, -0.2) is 0 Å². The van der Waals surface area contributed by atoms with Gasteiger partial charge in [-0.2, -0.15) is 0 Å². The van der Waals surface area contributed by atoms with Crippen LogP contribution in [0.1, 0.15) is 18.6 Å². The fraction of sp³-hybridized carbons (Fsp3) is 0.333. The molecule has 2 nitrogen and oxygen atoms in total. The number of aliphatic hydroxyl groups excluding tert-OH is 1. The van der Waals surface area contributed by atoms with Crippen LogP contribution in [0, 0.1) is 0 Å². The molecule has 1 aromatic carbocycles. The van der Waals surface area contributed by atoms with Crippen molar-refractivity contribution in [1.29, 1.82) is 0 Å². The van der Waals surface area contributed by atoms with Crippen molar-refractivity contribution in [2.24, 2.45) is 5.73 Å². The molecule has 72 valence electrons. The number of benzene rings is 1. The van der Waals surface area contributed by atoms with Crippen molar-refractivity contribution in [3.8, 4) is 0 Å². The van der Waals surface area contributed by atoms with Crippen molar-refractivity contribution < 1.29 is 5.11 Å². The summed E-state index contributed by atoms with van der Waals surface area (Å²) in [6.07, 6.45) is -0.818. The van der Waals surface area contributed by atoms with Crippen LogP contribution in [0.5, 0.6) is 0 Å². The molecule has 1 unspecified atom stereocenters. The van der Waals surface area contributed by atoms with Crippen molar-refractivity contribution >= 4 is 23.2 Å². The molecular formula is C9H11Cl2NO. The van der Waals surface area contributed by atoms with Gasteiger partial charge in [0.1, 0.15) is 0 Å². The zero-order valence-electron chi connectivity index (χ0n) is 7.17. The molecule has 1 rings (SSSR count). The fourth-order valence-electron chi connectivity index (χ4n) is 1.06. The van der Waals surface area contributed by atoms with E-state index in [4.69, 9.17) is 28.9 Å². The van der Waals surface area contributed by atoms with E-state index < -0.39 is 12.1 Å². The first-order valence-electron chi connectivity index (χ1n) is 3.91. The molecule has 0 aliphatic carbocycles. The topological polar surface area (TPSA) is 46.2 Å². The second-order valence-corrected chi connectivity index (χ2v) is 3.75. The first-order chi connectivity index (χ1) is 6.04. The SMILES string of the molecule is C[C@H](N)C(O)c1c(Cl)cccc1Cl. The maximum Gasteiger partial charge on any atom is 0.0966 e. The van der Waals surface area contributed by atoms with Gasteiger partial charge in [0.2, 0.25) is 0 Å². The van der Waals surface area contributed by atoms with Crippen LogP contribution in [0.15, 0.2) is 18.2 Å². The third-order valence-electron chi connectivity index (χ3n) is 1.79. The largest absolute Gasteiger partial charge is 0.387 e. The highest BCUT2D eigenvalue weighted by atomic mass is 35.5. The minimum atomic E-state index is -0.818. The van der Waals surface area contributed by atoms with Crippen LogP contribution in [0.4, 0.5) is 0 Å². The molecule has 0 aromatic heterocycles. The molecule has 3 N–H and O–H groups in total. The van der Waals surface area contributed by atoms with Crippen molar-refractivity contribution in [2.75, 3.05) is 0 Å². The minimum absolute atomic E-state index is 0.391. The Balaban J connectivity index is 3.12. The first-order valence-corrected chi connectivity index (χ1v) is 4.67. The van der Waals surface area contributed by atoms with Gasteiger partial charge in [-0.1, -0.05) is 29.3 Å². The maximum absolute atomic E-state index is 9.67. The second-order valence-electron chi connectivity index (χ2n) is 2.94. The number of hydrogen-bond acceptors (Lipinski definition) is 2. The molecule has 0 amide bonds. The molecule has 0 fully saturated rings. The minimum Gasteiger partial charge on any atom is -0.387 e. The zero-order chi connectivity index (χ0) is 10.0. The first kappa shape index (κ1) is 10.8. The summed E-state index contributed by atoms with van der Waals surface area (Å²) in [5.41, 5.74) is 6.04. The summed E-state index contributed by atoms with van der Waals surface area (Å²) < 4.78 is 0. The van der Waals surface area contributed by atoms with Gasteiger partial charge in [0.05, 0.1) is 6.10 Å². The Morgan fingerprint density at radius 2 is 1.77 bits per heavy atom. The Morgan fingerprint density at radius 1 is 1.31 bits per heavy atom. The Kier molecular flexibility index (Phi) is 3.56. The lowest BCUT2D eigenvalue weighted by Crippen LogP contribution is -2.24. The second kappa shape index (κ2) is 4.29. The van der Waals surface area contributed by atoms with Gasteiger partial charge in [0, 0.05) is 21.7 Å². The quantitative estimate of drug-likeness (QED) is 0.803. The highest BCUT2D eigenvalue weighted by Gasteiger charge is 2.18. The van der Waals surface area contributed by atoms with E-state index in [1.165, 1.54) is 0 Å². The highest BCUT2D eigenvalue weighted by molar-refractivity contribution is 6.36. The van der Waals surface area contributed by atoms with E-state index in [9.17, 15) is 5.11 Å². The normalized spacial score (nSPS) is 15.5. The lowest BCUT2D eigenvalue weighted by molar-refractivity contribution is 0.153. The molecule has 13 heavy (non-hydrogen) atoms. The smallest absolute Gasteiger partial charge is 0.0966 e. The summed E-state index contributed by atoms with van der Waals surface area (Å²) in [6.45, 7) is 1.70. The third-order valence-corrected chi connectivity index (χ3v) is 2.45. The molecule has 0 bridgehead atoms. The van der Waals surface area contributed by atoms with Crippen molar-refractivity contribution in [2.45, 2.75) is 19.1 Å². The number of nitrogens with two attached hydrogens (primary N) is 1. The van der Waals surface area contributed by atoms with Crippen LogP contribution >= 0.6 is 23.2 Å². The number of hydrogen-bond donors (Lipinski definition) is 2. The zero-order valence-corrected chi connectivity index (χ0v) is 8.68. The Labute approximate surface area is 87.3 Å². The van der Waals surface area contributed by atoms with Crippen LogP contribution < -0.4 is 5.73 Å². The predicted octanol–water partition coefficient (Wildman–Crippen LogP) is 2.37. The van der Waals surface area contributed by atoms with E-state index in [2.05, 4.69) is 0 Å². The van der Waals surface area contributed by atoms with Gasteiger partial charge in [-0.05, 0) is 19.1 Å². The summed E-state index contributed by atoms with van der Waals surface area (Å²) >= 11 is 11.7. The average molecular weight is 220 g/mol. The lowest BCUT2D eigenvalue weighted by Gasteiger charge is -2.17. The molecule has 0 saturated heterocycles. The summed E-state index contributed by atoms with van der Waals surface area (Å²) in [6, 6.07) is 4.68. The fourth-order valence-corrected chi connectivity index (χ4v) is 1.68. The average Bonchev–Trinajstić information content (AvgIpc) is 2.03. The van der Waals surface area contributed by atoms with E-state index in [0.29, 0.717) is 15.6 Å².